The molecule has 0 bridgehead atoms. The van der Waals surface area contributed by atoms with E-state index in [-0.39, 0.29) is 6.61 Å². The molecular formula is C13H10F3N3OS. The standard InChI is InChI=1S/C13H10F3N3OS/c1-7-10(6-20)19-12(17-7)21-11(18-19)8-2-4-9(5-3-8)13(14,15)16/h2-5,20H,6H2,1H3. The second-order valence-corrected chi connectivity index (χ2v) is 5.43. The van der Waals surface area contributed by atoms with Crippen LogP contribution in [0, 0.1) is 6.92 Å². The molecule has 0 saturated heterocycles. The summed E-state index contributed by atoms with van der Waals surface area (Å²) in [7, 11) is 0. The molecule has 4 nitrogen and oxygen atoms in total. The number of aryl methyl sites for hydroxylation is 1. The average Bonchev–Trinajstić information content (AvgIpc) is 2.94. The Labute approximate surface area is 121 Å². The molecule has 0 amide bonds. The van der Waals surface area contributed by atoms with E-state index in [0.717, 1.165) is 12.1 Å². The third-order valence-electron chi connectivity index (χ3n) is 3.11. The van der Waals surface area contributed by atoms with Gasteiger partial charge in [0.25, 0.3) is 0 Å². The molecule has 0 aliphatic heterocycles. The lowest BCUT2D eigenvalue weighted by Gasteiger charge is -2.06. The van der Waals surface area contributed by atoms with E-state index in [1.807, 2.05) is 0 Å². The summed E-state index contributed by atoms with van der Waals surface area (Å²) in [5.41, 5.74) is 1.16. The predicted octanol–water partition coefficient (Wildman–Crippen LogP) is 3.28. The zero-order valence-corrected chi connectivity index (χ0v) is 11.7. The van der Waals surface area contributed by atoms with Crippen molar-refractivity contribution in [2.24, 2.45) is 0 Å². The SMILES string of the molecule is Cc1nc2sc(-c3ccc(C(F)(F)F)cc3)nn2c1CO. The highest BCUT2D eigenvalue weighted by Gasteiger charge is 2.30. The minimum atomic E-state index is -4.35. The Hall–Kier alpha value is -1.93. The van der Waals surface area contributed by atoms with Crippen molar-refractivity contribution in [2.45, 2.75) is 19.7 Å². The van der Waals surface area contributed by atoms with Crippen molar-refractivity contribution in [3.05, 3.63) is 41.2 Å². The fourth-order valence-electron chi connectivity index (χ4n) is 1.99. The Bertz CT molecular complexity index is 789. The van der Waals surface area contributed by atoms with Crippen molar-refractivity contribution in [3.63, 3.8) is 0 Å². The molecule has 0 spiro atoms. The van der Waals surface area contributed by atoms with Gasteiger partial charge in [0.05, 0.1) is 23.6 Å². The molecule has 0 fully saturated rings. The van der Waals surface area contributed by atoms with E-state index in [0.29, 0.717) is 26.9 Å². The lowest BCUT2D eigenvalue weighted by atomic mass is 10.1. The fraction of sp³-hybridized carbons (Fsp3) is 0.231. The minimum absolute atomic E-state index is 0.191. The number of nitrogens with zero attached hydrogens (tertiary/aromatic N) is 3. The quantitative estimate of drug-likeness (QED) is 0.790. The number of halogens is 3. The zero-order chi connectivity index (χ0) is 15.2. The number of rotatable bonds is 2. The summed E-state index contributed by atoms with van der Waals surface area (Å²) >= 11 is 1.26. The van der Waals surface area contributed by atoms with Gasteiger partial charge in [-0.05, 0) is 19.1 Å². The molecule has 3 aromatic rings. The van der Waals surface area contributed by atoms with Crippen LogP contribution >= 0.6 is 11.3 Å². The molecule has 1 N–H and O–H groups in total. The monoisotopic (exact) mass is 313 g/mol. The average molecular weight is 313 g/mol. The third kappa shape index (κ3) is 2.40. The minimum Gasteiger partial charge on any atom is -0.390 e. The van der Waals surface area contributed by atoms with E-state index in [4.69, 9.17) is 0 Å². The molecule has 0 saturated carbocycles. The van der Waals surface area contributed by atoms with Gasteiger partial charge >= 0.3 is 6.18 Å². The first-order chi connectivity index (χ1) is 9.90. The Morgan fingerprint density at radius 3 is 2.48 bits per heavy atom. The van der Waals surface area contributed by atoms with Crippen LogP contribution in [0.15, 0.2) is 24.3 Å². The summed E-state index contributed by atoms with van der Waals surface area (Å²) < 4.78 is 39.1. The fourth-order valence-corrected chi connectivity index (χ4v) is 2.96. The largest absolute Gasteiger partial charge is 0.416 e. The van der Waals surface area contributed by atoms with Crippen LogP contribution in [0.2, 0.25) is 0 Å². The summed E-state index contributed by atoms with van der Waals surface area (Å²) in [4.78, 5) is 4.87. The van der Waals surface area contributed by atoms with Gasteiger partial charge in [-0.3, -0.25) is 0 Å². The molecule has 110 valence electrons. The van der Waals surface area contributed by atoms with Crippen molar-refractivity contribution < 1.29 is 18.3 Å². The van der Waals surface area contributed by atoms with Crippen molar-refractivity contribution in [2.75, 3.05) is 0 Å². The topological polar surface area (TPSA) is 50.4 Å². The van der Waals surface area contributed by atoms with Crippen molar-refractivity contribution >= 4 is 16.3 Å². The van der Waals surface area contributed by atoms with E-state index in [1.54, 1.807) is 6.92 Å². The summed E-state index contributed by atoms with van der Waals surface area (Å²) in [5, 5.41) is 14.1. The van der Waals surface area contributed by atoms with E-state index >= 15 is 0 Å². The molecule has 0 unspecified atom stereocenters. The number of alkyl halides is 3. The van der Waals surface area contributed by atoms with E-state index < -0.39 is 11.7 Å². The van der Waals surface area contributed by atoms with Gasteiger partial charge in [0, 0.05) is 5.56 Å². The highest BCUT2D eigenvalue weighted by molar-refractivity contribution is 7.19. The Morgan fingerprint density at radius 1 is 1.24 bits per heavy atom. The number of hydrogen-bond acceptors (Lipinski definition) is 4. The van der Waals surface area contributed by atoms with Gasteiger partial charge in [-0.2, -0.15) is 18.3 Å². The van der Waals surface area contributed by atoms with E-state index in [1.165, 1.54) is 28.0 Å². The molecule has 21 heavy (non-hydrogen) atoms. The number of fused-ring (bicyclic) bond motifs is 1. The van der Waals surface area contributed by atoms with Gasteiger partial charge < -0.3 is 5.11 Å². The molecule has 0 aliphatic carbocycles. The normalized spacial score (nSPS) is 12.2. The number of aliphatic hydroxyl groups is 1. The molecular weight excluding hydrogens is 303 g/mol. The first kappa shape index (κ1) is 14.0. The van der Waals surface area contributed by atoms with Gasteiger partial charge in [-0.15, -0.1) is 0 Å². The Morgan fingerprint density at radius 2 is 1.90 bits per heavy atom. The Kier molecular flexibility index (Phi) is 3.22. The smallest absolute Gasteiger partial charge is 0.390 e. The van der Waals surface area contributed by atoms with Crippen LogP contribution in [-0.4, -0.2) is 19.7 Å². The number of benzene rings is 1. The lowest BCUT2D eigenvalue weighted by molar-refractivity contribution is -0.137. The van der Waals surface area contributed by atoms with Crippen LogP contribution in [0.4, 0.5) is 13.2 Å². The van der Waals surface area contributed by atoms with Crippen molar-refractivity contribution in [1.29, 1.82) is 0 Å². The number of aliphatic hydroxyl groups excluding tert-OH is 1. The van der Waals surface area contributed by atoms with Crippen molar-refractivity contribution in [1.82, 2.24) is 14.6 Å². The van der Waals surface area contributed by atoms with Crippen LogP contribution in [0.1, 0.15) is 17.0 Å². The van der Waals surface area contributed by atoms with Gasteiger partial charge in [-0.1, -0.05) is 23.5 Å². The van der Waals surface area contributed by atoms with E-state index in [2.05, 4.69) is 10.1 Å². The first-order valence-corrected chi connectivity index (χ1v) is 6.85. The Balaban J connectivity index is 2.02. The molecule has 1 aromatic carbocycles. The second kappa shape index (κ2) is 4.81. The maximum absolute atomic E-state index is 12.5. The molecule has 8 heteroatoms. The van der Waals surface area contributed by atoms with Gasteiger partial charge in [-0.25, -0.2) is 9.50 Å². The molecule has 0 aliphatic rings. The van der Waals surface area contributed by atoms with Crippen LogP contribution in [0.3, 0.4) is 0 Å². The molecule has 2 heterocycles. The highest BCUT2D eigenvalue weighted by Crippen LogP contribution is 2.32. The summed E-state index contributed by atoms with van der Waals surface area (Å²) in [6, 6.07) is 4.81. The summed E-state index contributed by atoms with van der Waals surface area (Å²) in [5.74, 6) is 0. The zero-order valence-electron chi connectivity index (χ0n) is 10.8. The summed E-state index contributed by atoms with van der Waals surface area (Å²) in [6.07, 6.45) is -4.35. The third-order valence-corrected chi connectivity index (χ3v) is 4.06. The van der Waals surface area contributed by atoms with Crippen LogP contribution in [0.25, 0.3) is 15.5 Å². The lowest BCUT2D eigenvalue weighted by Crippen LogP contribution is -2.04. The van der Waals surface area contributed by atoms with Gasteiger partial charge in [0.1, 0.15) is 5.01 Å². The van der Waals surface area contributed by atoms with Crippen molar-refractivity contribution in [3.8, 4) is 10.6 Å². The molecule has 0 atom stereocenters. The number of aromatic nitrogens is 3. The highest BCUT2D eigenvalue weighted by atomic mass is 32.1. The number of imidazole rings is 1. The second-order valence-electron chi connectivity index (χ2n) is 4.48. The van der Waals surface area contributed by atoms with Crippen LogP contribution < -0.4 is 0 Å². The first-order valence-electron chi connectivity index (χ1n) is 6.03. The maximum Gasteiger partial charge on any atom is 0.416 e. The van der Waals surface area contributed by atoms with Gasteiger partial charge in [0.15, 0.2) is 0 Å². The maximum atomic E-state index is 12.5. The molecule has 0 radical (unpaired) electrons. The van der Waals surface area contributed by atoms with E-state index in [9.17, 15) is 18.3 Å². The number of hydrogen-bond donors (Lipinski definition) is 1. The molecule has 3 rings (SSSR count). The predicted molar refractivity (Wildman–Crippen MR) is 72.0 cm³/mol. The molecule has 2 aromatic heterocycles. The summed E-state index contributed by atoms with van der Waals surface area (Å²) in [6.45, 7) is 1.58. The van der Waals surface area contributed by atoms with Crippen LogP contribution in [-0.2, 0) is 12.8 Å². The van der Waals surface area contributed by atoms with Crippen LogP contribution in [0.5, 0.6) is 0 Å². The van der Waals surface area contributed by atoms with Gasteiger partial charge in [0.2, 0.25) is 4.96 Å².